The summed E-state index contributed by atoms with van der Waals surface area (Å²) in [7, 11) is 3.31. The maximum Gasteiger partial charge on any atom is 0.238 e. The van der Waals surface area contributed by atoms with Crippen LogP contribution >= 0.6 is 0 Å². The minimum Gasteiger partial charge on any atom is -0.497 e. The number of ether oxygens (including phenoxy) is 2. The van der Waals surface area contributed by atoms with Crippen LogP contribution in [-0.4, -0.2) is 48.8 Å². The van der Waals surface area contributed by atoms with Gasteiger partial charge in [-0.05, 0) is 49.6 Å². The van der Waals surface area contributed by atoms with Crippen LogP contribution in [0.1, 0.15) is 43.7 Å². The molecule has 166 valence electrons. The van der Waals surface area contributed by atoms with E-state index in [9.17, 15) is 9.90 Å². The fraction of sp³-hybridized carbons (Fsp3) is 0.480. The van der Waals surface area contributed by atoms with Crippen molar-refractivity contribution in [2.24, 2.45) is 5.92 Å². The van der Waals surface area contributed by atoms with Crippen molar-refractivity contribution < 1.29 is 19.4 Å². The minimum atomic E-state index is -0.705. The van der Waals surface area contributed by atoms with E-state index in [2.05, 4.69) is 10.2 Å². The lowest BCUT2D eigenvalue weighted by Gasteiger charge is -2.52. The molecule has 1 saturated heterocycles. The highest BCUT2D eigenvalue weighted by Gasteiger charge is 2.49. The molecule has 0 spiro atoms. The molecule has 0 aromatic heterocycles. The second-order valence-electron chi connectivity index (χ2n) is 8.64. The first-order chi connectivity index (χ1) is 15.0. The van der Waals surface area contributed by atoms with Gasteiger partial charge in [0.1, 0.15) is 11.5 Å². The third-order valence-electron chi connectivity index (χ3n) is 6.83. The zero-order chi connectivity index (χ0) is 21.8. The van der Waals surface area contributed by atoms with E-state index in [1.165, 1.54) is 0 Å². The summed E-state index contributed by atoms with van der Waals surface area (Å²) in [6.45, 7) is 0.909. The van der Waals surface area contributed by atoms with Crippen molar-refractivity contribution in [2.45, 2.75) is 43.7 Å². The number of piperidine rings is 1. The van der Waals surface area contributed by atoms with Gasteiger partial charge < -0.3 is 19.9 Å². The van der Waals surface area contributed by atoms with E-state index in [1.807, 2.05) is 48.5 Å². The first-order valence-electron chi connectivity index (χ1n) is 11.1. The minimum absolute atomic E-state index is 0.0422. The molecule has 3 atom stereocenters. The van der Waals surface area contributed by atoms with E-state index in [0.29, 0.717) is 13.0 Å². The molecule has 4 rings (SSSR count). The number of carbonyl (C=O) groups is 1. The number of rotatable bonds is 6. The molecule has 2 aliphatic rings. The summed E-state index contributed by atoms with van der Waals surface area (Å²) in [5.41, 5.74) is 1.05. The molecule has 1 aliphatic carbocycles. The Morgan fingerprint density at radius 1 is 1.13 bits per heavy atom. The number of hydrogen-bond acceptors (Lipinski definition) is 5. The van der Waals surface area contributed by atoms with Gasteiger partial charge in [-0.25, -0.2) is 0 Å². The van der Waals surface area contributed by atoms with Crippen molar-refractivity contribution in [1.29, 1.82) is 0 Å². The normalized spacial score (nSPS) is 26.0. The van der Waals surface area contributed by atoms with E-state index in [4.69, 9.17) is 9.47 Å². The molecule has 0 bridgehead atoms. The molecular weight excluding hydrogens is 392 g/mol. The van der Waals surface area contributed by atoms with Gasteiger partial charge in [-0.1, -0.05) is 31.0 Å². The van der Waals surface area contributed by atoms with Crippen molar-refractivity contribution in [2.75, 3.05) is 32.6 Å². The molecular formula is C25H32N2O4. The summed E-state index contributed by atoms with van der Waals surface area (Å²) in [6, 6.07) is 15.2. The average molecular weight is 425 g/mol. The number of amides is 1. The molecule has 3 unspecified atom stereocenters. The molecule has 1 aliphatic heterocycles. The zero-order valence-corrected chi connectivity index (χ0v) is 18.3. The molecule has 2 N–H and O–H groups in total. The summed E-state index contributed by atoms with van der Waals surface area (Å²) < 4.78 is 11.2. The quantitative estimate of drug-likeness (QED) is 0.733. The molecule has 1 heterocycles. The smallest absolute Gasteiger partial charge is 0.238 e. The molecule has 2 aromatic carbocycles. The van der Waals surface area contributed by atoms with E-state index in [-0.39, 0.29) is 24.4 Å². The number of fused-ring (bicyclic) bond motifs is 1. The number of para-hydroxylation sites is 1. The van der Waals surface area contributed by atoms with Crippen LogP contribution in [0.25, 0.3) is 0 Å². The van der Waals surface area contributed by atoms with Crippen molar-refractivity contribution in [1.82, 2.24) is 4.90 Å². The van der Waals surface area contributed by atoms with Crippen LogP contribution in [0.5, 0.6) is 11.5 Å². The molecule has 6 heteroatoms. The Morgan fingerprint density at radius 3 is 2.68 bits per heavy atom. The van der Waals surface area contributed by atoms with Crippen molar-refractivity contribution in [3.63, 3.8) is 0 Å². The van der Waals surface area contributed by atoms with Crippen LogP contribution in [0.15, 0.2) is 48.5 Å². The largest absolute Gasteiger partial charge is 0.497 e. The van der Waals surface area contributed by atoms with Crippen LogP contribution in [0.3, 0.4) is 0 Å². The van der Waals surface area contributed by atoms with Crippen LogP contribution in [0.4, 0.5) is 5.69 Å². The number of nitrogens with zero attached hydrogens (tertiary/aromatic N) is 1. The molecule has 0 radical (unpaired) electrons. The van der Waals surface area contributed by atoms with Gasteiger partial charge in [-0.3, -0.25) is 9.69 Å². The molecule has 2 fully saturated rings. The third-order valence-corrected chi connectivity index (χ3v) is 6.83. The van der Waals surface area contributed by atoms with Gasteiger partial charge in [-0.2, -0.15) is 0 Å². The van der Waals surface area contributed by atoms with E-state index in [1.54, 1.807) is 14.2 Å². The highest BCUT2D eigenvalue weighted by atomic mass is 16.5. The number of benzene rings is 2. The molecule has 31 heavy (non-hydrogen) atoms. The fourth-order valence-corrected chi connectivity index (χ4v) is 5.31. The zero-order valence-electron chi connectivity index (χ0n) is 18.3. The number of aliphatic hydroxyl groups is 1. The van der Waals surface area contributed by atoms with Crippen molar-refractivity contribution in [3.8, 4) is 11.5 Å². The summed E-state index contributed by atoms with van der Waals surface area (Å²) in [5, 5.41) is 14.5. The highest BCUT2D eigenvalue weighted by molar-refractivity contribution is 5.92. The lowest BCUT2D eigenvalue weighted by molar-refractivity contribution is -0.135. The van der Waals surface area contributed by atoms with Crippen LogP contribution in [0.2, 0.25) is 0 Å². The standard InChI is InChI=1S/C25H32N2O4/c1-30-19-11-12-22(31-2)20(16-19)24-21-10-6-7-13-25(21,29)14-15-27(24)17-23(28)26-18-8-4-3-5-9-18/h3-5,8-9,11-12,16,21,24,29H,6-7,10,13-15,17H2,1-2H3,(H,26,28). The Bertz CT molecular complexity index is 904. The van der Waals surface area contributed by atoms with Gasteiger partial charge in [-0.15, -0.1) is 0 Å². The topological polar surface area (TPSA) is 71.0 Å². The summed E-state index contributed by atoms with van der Waals surface area (Å²) in [6.07, 6.45) is 4.55. The van der Waals surface area contributed by atoms with Crippen LogP contribution in [0, 0.1) is 5.92 Å². The third kappa shape index (κ3) is 4.55. The number of likely N-dealkylation sites (tertiary alicyclic amines) is 1. The number of anilines is 1. The van der Waals surface area contributed by atoms with Crippen molar-refractivity contribution in [3.05, 3.63) is 54.1 Å². The number of nitrogens with one attached hydrogen (secondary N) is 1. The Balaban J connectivity index is 1.66. The van der Waals surface area contributed by atoms with Gasteiger partial charge in [0.05, 0.1) is 26.4 Å². The lowest BCUT2D eigenvalue weighted by atomic mass is 9.66. The maximum absolute atomic E-state index is 12.9. The molecule has 2 aromatic rings. The van der Waals surface area contributed by atoms with E-state index in [0.717, 1.165) is 48.4 Å². The molecule has 6 nitrogen and oxygen atoms in total. The first-order valence-corrected chi connectivity index (χ1v) is 11.1. The van der Waals surface area contributed by atoms with Gasteiger partial charge in [0.15, 0.2) is 0 Å². The highest BCUT2D eigenvalue weighted by Crippen LogP contribution is 2.51. The predicted octanol–water partition coefficient (Wildman–Crippen LogP) is 4.01. The van der Waals surface area contributed by atoms with Gasteiger partial charge in [0, 0.05) is 29.8 Å². The van der Waals surface area contributed by atoms with Crippen molar-refractivity contribution >= 4 is 11.6 Å². The number of carbonyl (C=O) groups excluding carboxylic acids is 1. The predicted molar refractivity (Wildman–Crippen MR) is 120 cm³/mol. The second kappa shape index (κ2) is 9.28. The Hall–Kier alpha value is -2.57. The lowest BCUT2D eigenvalue weighted by Crippen LogP contribution is -2.56. The van der Waals surface area contributed by atoms with Crippen LogP contribution < -0.4 is 14.8 Å². The Morgan fingerprint density at radius 2 is 1.94 bits per heavy atom. The summed E-state index contributed by atoms with van der Waals surface area (Å²) >= 11 is 0. The Labute approximate surface area is 184 Å². The number of hydrogen-bond donors (Lipinski definition) is 2. The van der Waals surface area contributed by atoms with Gasteiger partial charge in [0.2, 0.25) is 5.91 Å². The monoisotopic (exact) mass is 424 g/mol. The summed E-state index contributed by atoms with van der Waals surface area (Å²) in [5.74, 6) is 1.49. The maximum atomic E-state index is 12.9. The second-order valence-corrected chi connectivity index (χ2v) is 8.64. The van der Waals surface area contributed by atoms with E-state index >= 15 is 0 Å². The molecule has 1 saturated carbocycles. The molecule has 1 amide bonds. The van der Waals surface area contributed by atoms with Gasteiger partial charge >= 0.3 is 0 Å². The summed E-state index contributed by atoms with van der Waals surface area (Å²) in [4.78, 5) is 15.1. The first kappa shape index (κ1) is 21.7. The number of methoxy groups -OCH3 is 2. The van der Waals surface area contributed by atoms with Crippen LogP contribution in [-0.2, 0) is 4.79 Å². The van der Waals surface area contributed by atoms with Gasteiger partial charge in [0.25, 0.3) is 0 Å². The average Bonchev–Trinajstić information content (AvgIpc) is 2.79. The Kier molecular flexibility index (Phi) is 6.49. The fourth-order valence-electron chi connectivity index (χ4n) is 5.31. The van der Waals surface area contributed by atoms with E-state index < -0.39 is 5.60 Å². The SMILES string of the molecule is COc1ccc(OC)c(C2C3CCCCC3(O)CCN2CC(=O)Nc2ccccc2)c1.